The van der Waals surface area contributed by atoms with Gasteiger partial charge < -0.3 is 4.57 Å². The highest BCUT2D eigenvalue weighted by Gasteiger charge is 1.84. The molecule has 0 aliphatic rings. The number of thiazole rings is 1. The molecule has 0 aromatic carbocycles. The van der Waals surface area contributed by atoms with Crippen molar-refractivity contribution in [3.8, 4) is 0 Å². The fraction of sp³-hybridized carbons (Fsp3) is 0.400. The molecule has 0 fully saturated rings. The minimum atomic E-state index is 0.852. The van der Waals surface area contributed by atoms with E-state index < -0.39 is 0 Å². The van der Waals surface area contributed by atoms with Crippen LogP contribution in [-0.4, -0.2) is 11.6 Å². The highest BCUT2D eigenvalue weighted by molar-refractivity contribution is 7.07. The van der Waals surface area contributed by atoms with Crippen molar-refractivity contribution in [2.45, 2.75) is 0 Å². The largest absolute Gasteiger partial charge is 0.325 e. The molecule has 0 bridgehead atoms. The first-order valence-corrected chi connectivity index (χ1v) is 3.65. The molecule has 54 valence electrons. The second-order valence-corrected chi connectivity index (χ2v) is 2.56. The second kappa shape index (κ2) is 3.26. The zero-order chi connectivity index (χ0) is 7.40. The van der Waals surface area contributed by atoms with Crippen LogP contribution < -0.4 is 4.80 Å². The predicted molar refractivity (Wildman–Crippen MR) is 39.6 cm³/mol. The highest BCUT2D eigenvalue weighted by Crippen LogP contribution is 1.85. The lowest BCUT2D eigenvalue weighted by molar-refractivity contribution is 0.835. The first-order valence-electron chi connectivity index (χ1n) is 2.77. The van der Waals surface area contributed by atoms with E-state index in [2.05, 4.69) is 15.4 Å². The van der Waals surface area contributed by atoms with E-state index in [1.54, 1.807) is 7.05 Å². The van der Waals surface area contributed by atoms with Crippen LogP contribution in [-0.2, 0) is 7.05 Å². The van der Waals surface area contributed by atoms with Crippen LogP contribution >= 0.6 is 11.3 Å². The SMILES string of the molecule is C/N=N/N=c1/sccn1C. The average Bonchev–Trinajstić information content (AvgIpc) is 2.31. The van der Waals surface area contributed by atoms with Gasteiger partial charge in [0, 0.05) is 18.6 Å². The van der Waals surface area contributed by atoms with Crippen molar-refractivity contribution in [3.63, 3.8) is 0 Å². The van der Waals surface area contributed by atoms with Crippen LogP contribution in [0.4, 0.5) is 0 Å². The van der Waals surface area contributed by atoms with Gasteiger partial charge in [-0.2, -0.15) is 5.11 Å². The van der Waals surface area contributed by atoms with Crippen LogP contribution in [0.2, 0.25) is 0 Å². The van der Waals surface area contributed by atoms with Gasteiger partial charge in [0.1, 0.15) is 0 Å². The van der Waals surface area contributed by atoms with Gasteiger partial charge in [-0.15, -0.1) is 16.4 Å². The summed E-state index contributed by atoms with van der Waals surface area (Å²) in [5.41, 5.74) is 0. The van der Waals surface area contributed by atoms with E-state index in [4.69, 9.17) is 0 Å². The van der Waals surface area contributed by atoms with Crippen LogP contribution in [0.25, 0.3) is 0 Å². The molecule has 0 aliphatic carbocycles. The van der Waals surface area contributed by atoms with Crippen LogP contribution in [0, 0.1) is 0 Å². The standard InChI is InChI=1S/C5H8N4S/c1-6-8-7-5-9(2)3-4-10-5/h3-4H,1-2H3/b7-5+,8-6+. The molecule has 0 aliphatic heterocycles. The Morgan fingerprint density at radius 1 is 1.60 bits per heavy atom. The summed E-state index contributed by atoms with van der Waals surface area (Å²) in [5, 5.41) is 12.8. The highest BCUT2D eigenvalue weighted by atomic mass is 32.1. The lowest BCUT2D eigenvalue weighted by Crippen LogP contribution is -2.07. The molecule has 0 amide bonds. The van der Waals surface area contributed by atoms with Crippen molar-refractivity contribution in [1.82, 2.24) is 4.57 Å². The molecule has 0 radical (unpaired) electrons. The fourth-order valence-corrected chi connectivity index (χ4v) is 1.18. The normalized spacial score (nSPS) is 13.2. The number of hydrogen-bond donors (Lipinski definition) is 0. The van der Waals surface area contributed by atoms with Crippen LogP contribution in [0.1, 0.15) is 0 Å². The number of nitrogens with zero attached hydrogens (tertiary/aromatic N) is 4. The van der Waals surface area contributed by atoms with Crippen molar-refractivity contribution in [1.29, 1.82) is 0 Å². The minimum absolute atomic E-state index is 0.852. The summed E-state index contributed by atoms with van der Waals surface area (Å²) >= 11 is 1.53. The summed E-state index contributed by atoms with van der Waals surface area (Å²) in [6.45, 7) is 0. The first kappa shape index (κ1) is 7.14. The van der Waals surface area contributed by atoms with Crippen molar-refractivity contribution >= 4 is 11.3 Å². The summed E-state index contributed by atoms with van der Waals surface area (Å²) in [6, 6.07) is 0. The molecule has 1 heterocycles. The topological polar surface area (TPSA) is 42.0 Å². The van der Waals surface area contributed by atoms with Crippen molar-refractivity contribution < 1.29 is 0 Å². The molecule has 10 heavy (non-hydrogen) atoms. The number of aromatic nitrogens is 1. The summed E-state index contributed by atoms with van der Waals surface area (Å²) in [4.78, 5) is 0.852. The Kier molecular flexibility index (Phi) is 2.33. The second-order valence-electron chi connectivity index (χ2n) is 1.69. The Bertz CT molecular complexity index is 282. The van der Waals surface area contributed by atoms with Crippen LogP contribution in [0.3, 0.4) is 0 Å². The van der Waals surface area contributed by atoms with Crippen molar-refractivity contribution in [2.75, 3.05) is 7.05 Å². The Morgan fingerprint density at radius 2 is 2.40 bits per heavy atom. The molecular weight excluding hydrogens is 148 g/mol. The zero-order valence-corrected chi connectivity index (χ0v) is 6.67. The third kappa shape index (κ3) is 1.51. The Labute approximate surface area is 62.5 Å². The van der Waals surface area contributed by atoms with Gasteiger partial charge in [-0.1, -0.05) is 0 Å². The molecule has 1 rings (SSSR count). The summed E-state index contributed by atoms with van der Waals surface area (Å²) in [6.07, 6.45) is 1.93. The van der Waals surface area contributed by atoms with Gasteiger partial charge in [0.05, 0.1) is 7.05 Å². The maximum absolute atomic E-state index is 3.82. The van der Waals surface area contributed by atoms with Crippen molar-refractivity contribution in [3.05, 3.63) is 16.4 Å². The van der Waals surface area contributed by atoms with Crippen LogP contribution in [0.15, 0.2) is 27.0 Å². The first-order chi connectivity index (χ1) is 4.84. The fourth-order valence-electron chi connectivity index (χ4n) is 0.507. The lowest BCUT2D eigenvalue weighted by atomic mass is 10.9. The number of hydrogen-bond acceptors (Lipinski definition) is 3. The summed E-state index contributed by atoms with van der Waals surface area (Å²) in [5.74, 6) is 0. The molecule has 0 unspecified atom stereocenters. The Morgan fingerprint density at radius 3 is 2.90 bits per heavy atom. The van der Waals surface area contributed by atoms with E-state index in [9.17, 15) is 0 Å². The molecule has 0 atom stereocenters. The number of aryl methyl sites for hydroxylation is 1. The zero-order valence-electron chi connectivity index (χ0n) is 5.85. The maximum Gasteiger partial charge on any atom is 0.212 e. The maximum atomic E-state index is 3.82. The third-order valence-electron chi connectivity index (χ3n) is 0.979. The molecule has 0 N–H and O–H groups in total. The summed E-state index contributed by atoms with van der Waals surface area (Å²) < 4.78 is 1.89. The van der Waals surface area contributed by atoms with E-state index in [1.165, 1.54) is 11.3 Å². The molecule has 0 saturated carbocycles. The molecule has 1 aromatic rings. The van der Waals surface area contributed by atoms with Gasteiger partial charge in [-0.05, 0) is 5.22 Å². The van der Waals surface area contributed by atoms with Gasteiger partial charge in [0.25, 0.3) is 0 Å². The quantitative estimate of drug-likeness (QED) is 0.430. The average molecular weight is 156 g/mol. The predicted octanol–water partition coefficient (Wildman–Crippen LogP) is 0.984. The molecule has 5 heteroatoms. The van der Waals surface area contributed by atoms with Gasteiger partial charge in [0.15, 0.2) is 0 Å². The van der Waals surface area contributed by atoms with Crippen LogP contribution in [0.5, 0.6) is 0 Å². The molecular formula is C5H8N4S. The van der Waals surface area contributed by atoms with Gasteiger partial charge in [0.2, 0.25) is 4.80 Å². The Hall–Kier alpha value is -0.970. The molecule has 0 spiro atoms. The number of rotatable bonds is 1. The van der Waals surface area contributed by atoms with E-state index in [1.807, 2.05) is 23.2 Å². The molecule has 0 saturated heterocycles. The molecule has 1 aromatic heterocycles. The van der Waals surface area contributed by atoms with Crippen molar-refractivity contribution in [2.24, 2.45) is 22.5 Å². The minimum Gasteiger partial charge on any atom is -0.325 e. The van der Waals surface area contributed by atoms with Gasteiger partial charge >= 0.3 is 0 Å². The van der Waals surface area contributed by atoms with Gasteiger partial charge in [-0.25, -0.2) is 0 Å². The van der Waals surface area contributed by atoms with E-state index in [-0.39, 0.29) is 0 Å². The van der Waals surface area contributed by atoms with E-state index in [0.29, 0.717) is 0 Å². The van der Waals surface area contributed by atoms with E-state index >= 15 is 0 Å². The molecule has 4 nitrogen and oxygen atoms in total. The lowest BCUT2D eigenvalue weighted by Gasteiger charge is -1.82. The smallest absolute Gasteiger partial charge is 0.212 e. The summed E-state index contributed by atoms with van der Waals surface area (Å²) in [7, 11) is 3.51. The monoisotopic (exact) mass is 156 g/mol. The third-order valence-corrected chi connectivity index (χ3v) is 1.82. The van der Waals surface area contributed by atoms with E-state index in [0.717, 1.165) is 4.80 Å². The van der Waals surface area contributed by atoms with Gasteiger partial charge in [-0.3, -0.25) is 0 Å². The Balaban J connectivity index is 3.03.